The van der Waals surface area contributed by atoms with Gasteiger partial charge in [-0.3, -0.25) is 0 Å². The van der Waals surface area contributed by atoms with Crippen LogP contribution in [0, 0.1) is 0 Å². The Bertz CT molecular complexity index is 639. The Kier molecular flexibility index (Phi) is 4.94. The van der Waals surface area contributed by atoms with Gasteiger partial charge in [-0.1, -0.05) is 18.2 Å². The lowest BCUT2D eigenvalue weighted by molar-refractivity contribution is 0.294. The summed E-state index contributed by atoms with van der Waals surface area (Å²) in [5.41, 5.74) is 8.15. The summed E-state index contributed by atoms with van der Waals surface area (Å²) >= 11 is 9.03. The van der Waals surface area contributed by atoms with Gasteiger partial charge in [0.1, 0.15) is 5.75 Å². The van der Waals surface area contributed by atoms with Gasteiger partial charge in [-0.2, -0.15) is 0 Å². The Morgan fingerprint density at radius 3 is 2.62 bits per heavy atom. The maximum Gasteiger partial charge on any atom is 0.147 e. The van der Waals surface area contributed by atoms with Gasteiger partial charge in [0, 0.05) is 23.1 Å². The van der Waals surface area contributed by atoms with Crippen LogP contribution in [0.25, 0.3) is 0 Å². The van der Waals surface area contributed by atoms with E-state index in [2.05, 4.69) is 56.1 Å². The van der Waals surface area contributed by atoms with Crippen LogP contribution in [0.5, 0.6) is 5.75 Å². The molecule has 21 heavy (non-hydrogen) atoms. The second-order valence-electron chi connectivity index (χ2n) is 4.95. The van der Waals surface area contributed by atoms with Gasteiger partial charge in [0.2, 0.25) is 0 Å². The minimum absolute atomic E-state index is 0.444. The van der Waals surface area contributed by atoms with E-state index >= 15 is 0 Å². The van der Waals surface area contributed by atoms with Crippen molar-refractivity contribution in [3.8, 4) is 5.75 Å². The monoisotopic (exact) mass is 427 g/mol. The fourth-order valence-corrected chi connectivity index (χ4v) is 5.16. The van der Waals surface area contributed by atoms with Crippen LogP contribution >= 0.6 is 43.6 Å². The Hall–Kier alpha value is -0.490. The molecule has 1 atom stereocenters. The number of hydrogen-bond donors (Lipinski definition) is 1. The van der Waals surface area contributed by atoms with Crippen molar-refractivity contribution in [2.45, 2.75) is 17.4 Å². The number of benzene rings is 2. The third-order valence-corrected chi connectivity index (χ3v) is 5.95. The van der Waals surface area contributed by atoms with Crippen LogP contribution in [0.4, 0.5) is 0 Å². The number of ether oxygens (including phenoxy) is 1. The molecule has 2 aromatic carbocycles. The molecular weight excluding hydrogens is 414 g/mol. The summed E-state index contributed by atoms with van der Waals surface area (Å²) in [6.07, 6.45) is 0. The molecule has 1 heterocycles. The smallest absolute Gasteiger partial charge is 0.147 e. The van der Waals surface area contributed by atoms with Crippen molar-refractivity contribution in [1.82, 2.24) is 0 Å². The second kappa shape index (κ2) is 6.73. The van der Waals surface area contributed by atoms with Gasteiger partial charge >= 0.3 is 0 Å². The van der Waals surface area contributed by atoms with E-state index in [0.29, 0.717) is 19.1 Å². The molecule has 2 aromatic rings. The van der Waals surface area contributed by atoms with E-state index in [9.17, 15) is 0 Å². The topological polar surface area (TPSA) is 35.2 Å². The third kappa shape index (κ3) is 3.31. The molecule has 5 heteroatoms. The van der Waals surface area contributed by atoms with E-state index in [1.165, 1.54) is 10.5 Å². The molecule has 2 nitrogen and oxygen atoms in total. The molecule has 1 aliphatic rings. The van der Waals surface area contributed by atoms with Crippen molar-refractivity contribution >= 4 is 43.6 Å². The number of fused-ring (bicyclic) bond motifs is 1. The molecule has 110 valence electrons. The van der Waals surface area contributed by atoms with Gasteiger partial charge < -0.3 is 10.5 Å². The summed E-state index contributed by atoms with van der Waals surface area (Å²) in [4.78, 5) is 1.38. The SMILES string of the molecule is NCc1cc(Br)c(OCC2CSc3ccccc32)c(Br)c1. The average Bonchev–Trinajstić information content (AvgIpc) is 2.89. The van der Waals surface area contributed by atoms with E-state index in [-0.39, 0.29) is 0 Å². The van der Waals surface area contributed by atoms with E-state index in [1.54, 1.807) is 0 Å². The van der Waals surface area contributed by atoms with E-state index in [1.807, 2.05) is 23.9 Å². The summed E-state index contributed by atoms with van der Waals surface area (Å²) in [5, 5.41) is 0. The van der Waals surface area contributed by atoms with Crippen molar-refractivity contribution in [1.29, 1.82) is 0 Å². The molecule has 2 N–H and O–H groups in total. The molecule has 3 rings (SSSR count). The summed E-state index contributed by atoms with van der Waals surface area (Å²) in [6, 6.07) is 12.6. The van der Waals surface area contributed by atoms with Crippen LogP contribution < -0.4 is 10.5 Å². The summed E-state index contributed by atoms with van der Waals surface area (Å²) < 4.78 is 7.94. The zero-order chi connectivity index (χ0) is 14.8. The molecule has 0 amide bonds. The highest BCUT2D eigenvalue weighted by Crippen LogP contribution is 2.41. The Labute approximate surface area is 145 Å². The van der Waals surface area contributed by atoms with Crippen molar-refractivity contribution in [2.24, 2.45) is 5.73 Å². The molecule has 0 radical (unpaired) electrons. The molecule has 0 spiro atoms. The molecule has 0 saturated heterocycles. The minimum atomic E-state index is 0.444. The summed E-state index contributed by atoms with van der Waals surface area (Å²) in [7, 11) is 0. The average molecular weight is 429 g/mol. The lowest BCUT2D eigenvalue weighted by atomic mass is 10.0. The van der Waals surface area contributed by atoms with Crippen LogP contribution in [0.1, 0.15) is 17.0 Å². The van der Waals surface area contributed by atoms with Crippen LogP contribution in [-0.4, -0.2) is 12.4 Å². The lowest BCUT2D eigenvalue weighted by Crippen LogP contribution is -2.10. The van der Waals surface area contributed by atoms with Crippen LogP contribution in [0.15, 0.2) is 50.2 Å². The molecule has 1 aliphatic heterocycles. The maximum absolute atomic E-state index is 6.06. The van der Waals surface area contributed by atoms with Crippen molar-refractivity contribution in [3.63, 3.8) is 0 Å². The van der Waals surface area contributed by atoms with Gasteiger partial charge in [0.15, 0.2) is 0 Å². The number of halogens is 2. The first-order valence-corrected chi connectivity index (χ1v) is 9.28. The summed E-state index contributed by atoms with van der Waals surface area (Å²) in [6.45, 7) is 1.20. The van der Waals surface area contributed by atoms with Crippen molar-refractivity contribution in [2.75, 3.05) is 12.4 Å². The Balaban J connectivity index is 1.75. The Morgan fingerprint density at radius 1 is 1.19 bits per heavy atom. The normalized spacial score (nSPS) is 16.8. The van der Waals surface area contributed by atoms with Gasteiger partial charge in [-0.15, -0.1) is 11.8 Å². The quantitative estimate of drug-likeness (QED) is 0.748. The number of rotatable bonds is 4. The number of thioether (sulfide) groups is 1. The Morgan fingerprint density at radius 2 is 1.90 bits per heavy atom. The standard InChI is InChI=1S/C16H15Br2NOS/c17-13-5-10(7-19)6-14(18)16(13)20-8-11-9-21-15-4-2-1-3-12(11)15/h1-6,11H,7-9,19H2. The molecular formula is C16H15Br2NOS. The highest BCUT2D eigenvalue weighted by molar-refractivity contribution is 9.11. The molecule has 0 bridgehead atoms. The first kappa shape index (κ1) is 15.4. The van der Waals surface area contributed by atoms with Crippen molar-refractivity contribution in [3.05, 3.63) is 56.5 Å². The zero-order valence-electron chi connectivity index (χ0n) is 11.3. The maximum atomic E-state index is 6.06. The van der Waals surface area contributed by atoms with Crippen molar-refractivity contribution < 1.29 is 4.74 Å². The van der Waals surface area contributed by atoms with Gasteiger partial charge in [-0.05, 0) is 61.2 Å². The highest BCUT2D eigenvalue weighted by Gasteiger charge is 2.23. The lowest BCUT2D eigenvalue weighted by Gasteiger charge is -2.15. The van der Waals surface area contributed by atoms with Gasteiger partial charge in [0.05, 0.1) is 15.6 Å². The molecule has 0 saturated carbocycles. The third-order valence-electron chi connectivity index (χ3n) is 3.52. The van der Waals surface area contributed by atoms with E-state index in [0.717, 1.165) is 26.0 Å². The van der Waals surface area contributed by atoms with Crippen LogP contribution in [0.3, 0.4) is 0 Å². The van der Waals surface area contributed by atoms with Crippen LogP contribution in [0.2, 0.25) is 0 Å². The summed E-state index contributed by atoms with van der Waals surface area (Å²) in [5.74, 6) is 2.37. The van der Waals surface area contributed by atoms with E-state index < -0.39 is 0 Å². The highest BCUT2D eigenvalue weighted by atomic mass is 79.9. The number of nitrogens with two attached hydrogens (primary N) is 1. The molecule has 0 aromatic heterocycles. The fraction of sp³-hybridized carbons (Fsp3) is 0.250. The van der Waals surface area contributed by atoms with Gasteiger partial charge in [0.25, 0.3) is 0 Å². The molecule has 1 unspecified atom stereocenters. The molecule has 0 aliphatic carbocycles. The van der Waals surface area contributed by atoms with E-state index in [4.69, 9.17) is 10.5 Å². The number of hydrogen-bond acceptors (Lipinski definition) is 3. The predicted molar refractivity (Wildman–Crippen MR) is 95.1 cm³/mol. The first-order chi connectivity index (χ1) is 10.2. The van der Waals surface area contributed by atoms with Gasteiger partial charge in [-0.25, -0.2) is 0 Å². The first-order valence-electron chi connectivity index (χ1n) is 6.71. The predicted octanol–water partition coefficient (Wildman–Crippen LogP) is 4.94. The van der Waals surface area contributed by atoms with Crippen LogP contribution in [-0.2, 0) is 6.54 Å². The largest absolute Gasteiger partial charge is 0.491 e. The molecule has 0 fully saturated rings. The fourth-order valence-electron chi connectivity index (χ4n) is 2.42. The zero-order valence-corrected chi connectivity index (χ0v) is 15.3. The second-order valence-corrected chi connectivity index (χ2v) is 7.72. The minimum Gasteiger partial charge on any atom is -0.491 e.